The lowest BCUT2D eigenvalue weighted by molar-refractivity contribution is 0.0521. The number of nitrogens with zero attached hydrogens (tertiary/aromatic N) is 2. The van der Waals surface area contributed by atoms with Gasteiger partial charge in [0.15, 0.2) is 5.69 Å². The number of nitrogen functional groups attached to an aromatic ring is 1. The predicted octanol–water partition coefficient (Wildman–Crippen LogP) is 2.82. The van der Waals surface area contributed by atoms with Crippen LogP contribution in [0.3, 0.4) is 0 Å². The molecule has 0 amide bonds. The van der Waals surface area contributed by atoms with Crippen molar-refractivity contribution in [3.63, 3.8) is 0 Å². The maximum atomic E-state index is 11.7. The van der Waals surface area contributed by atoms with Crippen molar-refractivity contribution in [2.24, 2.45) is 0 Å². The molecular formula is C14H19N3O2S. The van der Waals surface area contributed by atoms with Gasteiger partial charge in [0.2, 0.25) is 0 Å². The quantitative estimate of drug-likeness (QED) is 0.861. The molecule has 0 aliphatic carbocycles. The Morgan fingerprint density at radius 1 is 1.55 bits per heavy atom. The fourth-order valence-electron chi connectivity index (χ4n) is 2.06. The number of rotatable bonds is 5. The number of hydrogen-bond acceptors (Lipinski definition) is 5. The van der Waals surface area contributed by atoms with Gasteiger partial charge in [-0.25, -0.2) is 9.78 Å². The molecule has 6 heteroatoms. The number of aryl methyl sites for hydroxylation is 1. The summed E-state index contributed by atoms with van der Waals surface area (Å²) in [6.45, 7) is 6.22. The Bertz CT molecular complexity index is 603. The Labute approximate surface area is 122 Å². The first-order chi connectivity index (χ1) is 9.52. The molecule has 2 heterocycles. The number of imidazole rings is 1. The van der Waals surface area contributed by atoms with Crippen molar-refractivity contribution in [3.05, 3.63) is 33.9 Å². The van der Waals surface area contributed by atoms with E-state index in [4.69, 9.17) is 10.5 Å². The van der Waals surface area contributed by atoms with Gasteiger partial charge in [-0.1, -0.05) is 0 Å². The molecule has 0 aromatic carbocycles. The molecule has 2 rings (SSSR count). The zero-order chi connectivity index (χ0) is 14.7. The van der Waals surface area contributed by atoms with Gasteiger partial charge in [0.1, 0.15) is 5.82 Å². The third-order valence-electron chi connectivity index (χ3n) is 3.07. The second-order valence-electron chi connectivity index (χ2n) is 4.67. The molecule has 20 heavy (non-hydrogen) atoms. The fourth-order valence-corrected chi connectivity index (χ4v) is 3.07. The highest BCUT2D eigenvalue weighted by Crippen LogP contribution is 2.24. The van der Waals surface area contributed by atoms with Crippen LogP contribution in [0.15, 0.2) is 18.5 Å². The van der Waals surface area contributed by atoms with Crippen LogP contribution in [0, 0.1) is 6.92 Å². The molecule has 5 nitrogen and oxygen atoms in total. The maximum absolute atomic E-state index is 11.7. The van der Waals surface area contributed by atoms with Crippen LogP contribution in [-0.2, 0) is 11.2 Å². The lowest BCUT2D eigenvalue weighted by atomic mass is 10.2. The summed E-state index contributed by atoms with van der Waals surface area (Å²) in [5.74, 6) is -0.104. The SMILES string of the molecule is CCOC(=O)c1ncn(C(C)Cc2ccc(C)s2)c1N. The molecule has 0 spiro atoms. The number of nitrogens with two attached hydrogens (primary N) is 1. The molecule has 0 bridgehead atoms. The van der Waals surface area contributed by atoms with E-state index in [1.54, 1.807) is 24.6 Å². The summed E-state index contributed by atoms with van der Waals surface area (Å²) < 4.78 is 6.75. The van der Waals surface area contributed by atoms with E-state index in [0.717, 1.165) is 6.42 Å². The Kier molecular flexibility index (Phi) is 4.44. The number of aromatic nitrogens is 2. The zero-order valence-electron chi connectivity index (χ0n) is 11.9. The average molecular weight is 293 g/mol. The van der Waals surface area contributed by atoms with E-state index in [-0.39, 0.29) is 11.7 Å². The number of anilines is 1. The molecule has 2 aromatic heterocycles. The van der Waals surface area contributed by atoms with Crippen molar-refractivity contribution in [1.29, 1.82) is 0 Å². The Hall–Kier alpha value is -1.82. The Morgan fingerprint density at radius 3 is 2.90 bits per heavy atom. The molecule has 0 saturated heterocycles. The number of carbonyl (C=O) groups is 1. The highest BCUT2D eigenvalue weighted by atomic mass is 32.1. The molecule has 0 radical (unpaired) electrons. The van der Waals surface area contributed by atoms with Crippen LogP contribution in [0.5, 0.6) is 0 Å². The van der Waals surface area contributed by atoms with Crippen LogP contribution in [0.25, 0.3) is 0 Å². The topological polar surface area (TPSA) is 70.1 Å². The monoisotopic (exact) mass is 293 g/mol. The van der Waals surface area contributed by atoms with E-state index in [9.17, 15) is 4.79 Å². The van der Waals surface area contributed by atoms with Gasteiger partial charge in [0.25, 0.3) is 0 Å². The van der Waals surface area contributed by atoms with Gasteiger partial charge in [0.05, 0.1) is 12.9 Å². The molecule has 108 valence electrons. The van der Waals surface area contributed by atoms with Crippen LogP contribution in [0.1, 0.15) is 40.1 Å². The first-order valence-electron chi connectivity index (χ1n) is 6.57. The number of hydrogen-bond donors (Lipinski definition) is 1. The normalized spacial score (nSPS) is 12.3. The van der Waals surface area contributed by atoms with Crippen molar-refractivity contribution in [2.75, 3.05) is 12.3 Å². The number of carbonyl (C=O) groups excluding carboxylic acids is 1. The molecule has 0 aliphatic rings. The first kappa shape index (κ1) is 14.6. The third kappa shape index (κ3) is 3.01. The standard InChI is InChI=1S/C14H19N3O2S/c1-4-19-14(18)12-13(15)17(8-16-12)9(2)7-11-6-5-10(3)20-11/h5-6,8-9H,4,7,15H2,1-3H3. The van der Waals surface area contributed by atoms with Gasteiger partial charge in [-0.3, -0.25) is 0 Å². The van der Waals surface area contributed by atoms with Gasteiger partial charge < -0.3 is 15.0 Å². The third-order valence-corrected chi connectivity index (χ3v) is 4.09. The minimum atomic E-state index is -0.470. The lowest BCUT2D eigenvalue weighted by Crippen LogP contribution is -2.13. The Morgan fingerprint density at radius 2 is 2.30 bits per heavy atom. The average Bonchev–Trinajstić information content (AvgIpc) is 2.96. The van der Waals surface area contributed by atoms with Crippen molar-refractivity contribution >= 4 is 23.1 Å². The van der Waals surface area contributed by atoms with E-state index in [2.05, 4.69) is 31.0 Å². The van der Waals surface area contributed by atoms with Crippen molar-refractivity contribution in [2.45, 2.75) is 33.2 Å². The number of thiophene rings is 1. The second kappa shape index (κ2) is 6.09. The van der Waals surface area contributed by atoms with Crippen molar-refractivity contribution in [1.82, 2.24) is 9.55 Å². The van der Waals surface area contributed by atoms with E-state index in [0.29, 0.717) is 12.4 Å². The van der Waals surface area contributed by atoms with E-state index in [1.165, 1.54) is 9.75 Å². The van der Waals surface area contributed by atoms with Gasteiger partial charge in [-0.05, 0) is 32.9 Å². The first-order valence-corrected chi connectivity index (χ1v) is 7.39. The summed E-state index contributed by atoms with van der Waals surface area (Å²) in [6.07, 6.45) is 2.47. The molecular weight excluding hydrogens is 274 g/mol. The number of esters is 1. The molecule has 1 unspecified atom stereocenters. The summed E-state index contributed by atoms with van der Waals surface area (Å²) >= 11 is 1.77. The maximum Gasteiger partial charge on any atom is 0.360 e. The zero-order valence-corrected chi connectivity index (χ0v) is 12.7. The minimum absolute atomic E-state index is 0.142. The lowest BCUT2D eigenvalue weighted by Gasteiger charge is -2.14. The molecule has 0 saturated carbocycles. The fraction of sp³-hybridized carbons (Fsp3) is 0.429. The predicted molar refractivity (Wildman–Crippen MR) is 80.1 cm³/mol. The molecule has 2 aromatic rings. The highest BCUT2D eigenvalue weighted by molar-refractivity contribution is 7.11. The smallest absolute Gasteiger partial charge is 0.360 e. The summed E-state index contributed by atoms with van der Waals surface area (Å²) in [5, 5.41) is 0. The molecule has 0 aliphatic heterocycles. The summed E-state index contributed by atoms with van der Waals surface area (Å²) in [4.78, 5) is 18.3. The number of ether oxygens (including phenoxy) is 1. The van der Waals surface area contributed by atoms with Crippen LogP contribution < -0.4 is 5.73 Å². The van der Waals surface area contributed by atoms with Crippen LogP contribution in [0.4, 0.5) is 5.82 Å². The summed E-state index contributed by atoms with van der Waals surface area (Å²) in [5.41, 5.74) is 6.19. The summed E-state index contributed by atoms with van der Waals surface area (Å²) in [7, 11) is 0. The minimum Gasteiger partial charge on any atom is -0.461 e. The Balaban J connectivity index is 2.14. The van der Waals surface area contributed by atoms with Gasteiger partial charge in [-0.15, -0.1) is 11.3 Å². The van der Waals surface area contributed by atoms with E-state index >= 15 is 0 Å². The van der Waals surface area contributed by atoms with E-state index in [1.807, 2.05) is 4.57 Å². The molecule has 1 atom stereocenters. The molecule has 0 fully saturated rings. The van der Waals surface area contributed by atoms with Crippen LogP contribution in [-0.4, -0.2) is 22.1 Å². The van der Waals surface area contributed by atoms with E-state index < -0.39 is 5.97 Å². The summed E-state index contributed by atoms with van der Waals surface area (Å²) in [6, 6.07) is 4.37. The van der Waals surface area contributed by atoms with Gasteiger partial charge >= 0.3 is 5.97 Å². The van der Waals surface area contributed by atoms with Crippen LogP contribution in [0.2, 0.25) is 0 Å². The van der Waals surface area contributed by atoms with Crippen molar-refractivity contribution < 1.29 is 9.53 Å². The second-order valence-corrected chi connectivity index (χ2v) is 6.04. The van der Waals surface area contributed by atoms with Crippen molar-refractivity contribution in [3.8, 4) is 0 Å². The highest BCUT2D eigenvalue weighted by Gasteiger charge is 2.19. The van der Waals surface area contributed by atoms with Crippen LogP contribution >= 0.6 is 11.3 Å². The van der Waals surface area contributed by atoms with Gasteiger partial charge in [0, 0.05) is 22.2 Å². The largest absolute Gasteiger partial charge is 0.461 e. The van der Waals surface area contributed by atoms with Gasteiger partial charge in [-0.2, -0.15) is 0 Å². The molecule has 2 N–H and O–H groups in total.